The molecule has 0 aliphatic rings. The molecule has 3 heteroatoms. The van der Waals surface area contributed by atoms with Gasteiger partial charge in [-0.3, -0.25) is 3.97 Å². The second-order valence-corrected chi connectivity index (χ2v) is 1.75. The maximum absolute atomic E-state index is 4.00. The van der Waals surface area contributed by atoms with Gasteiger partial charge in [-0.15, -0.1) is 0 Å². The number of aryl methyl sites for hydroxylation is 1. The van der Waals surface area contributed by atoms with E-state index in [-0.39, 0.29) is 0 Å². The van der Waals surface area contributed by atoms with Crippen LogP contribution in [0.25, 0.3) is 0 Å². The van der Waals surface area contributed by atoms with Crippen LogP contribution < -0.4 is 0 Å². The molecule has 0 fully saturated rings. The number of nitrogens with zero attached hydrogens (tertiary/aromatic N) is 2. The lowest BCUT2D eigenvalue weighted by Crippen LogP contribution is -1.79. The van der Waals surface area contributed by atoms with E-state index in [1.807, 2.05) is 6.92 Å². The van der Waals surface area contributed by atoms with Gasteiger partial charge in [0.25, 0.3) is 0 Å². The van der Waals surface area contributed by atoms with Crippen LogP contribution in [0.1, 0.15) is 5.82 Å². The molecule has 7 heavy (non-hydrogen) atoms. The van der Waals surface area contributed by atoms with E-state index >= 15 is 0 Å². The molecule has 0 aliphatic carbocycles. The summed E-state index contributed by atoms with van der Waals surface area (Å²) in [5.74, 6) is 0.920. The van der Waals surface area contributed by atoms with Crippen molar-refractivity contribution in [3.63, 3.8) is 0 Å². The van der Waals surface area contributed by atoms with Gasteiger partial charge in [-0.25, -0.2) is 4.98 Å². The van der Waals surface area contributed by atoms with Crippen LogP contribution in [0.15, 0.2) is 12.4 Å². The fourth-order valence-electron chi connectivity index (χ4n) is 0.371. The highest BCUT2D eigenvalue weighted by atomic mass is 32.1. The van der Waals surface area contributed by atoms with Gasteiger partial charge in [0, 0.05) is 12.4 Å². The monoisotopic (exact) mass is 114 g/mol. The van der Waals surface area contributed by atoms with Crippen molar-refractivity contribution in [2.75, 3.05) is 0 Å². The first-order valence-electron chi connectivity index (χ1n) is 2.00. The summed E-state index contributed by atoms with van der Waals surface area (Å²) >= 11 is 4.00. The molecule has 38 valence electrons. The van der Waals surface area contributed by atoms with Gasteiger partial charge in [0.15, 0.2) is 0 Å². The van der Waals surface area contributed by atoms with Crippen molar-refractivity contribution in [3.8, 4) is 0 Å². The summed E-state index contributed by atoms with van der Waals surface area (Å²) in [5, 5.41) is 0. The molecule has 0 N–H and O–H groups in total. The van der Waals surface area contributed by atoms with Gasteiger partial charge in [0.2, 0.25) is 0 Å². The molecule has 0 saturated carbocycles. The summed E-state index contributed by atoms with van der Waals surface area (Å²) in [5.41, 5.74) is 0. The van der Waals surface area contributed by atoms with Crippen LogP contribution in [-0.4, -0.2) is 8.96 Å². The molecule has 1 aromatic heterocycles. The Kier molecular flexibility index (Phi) is 1.06. The minimum Gasteiger partial charge on any atom is -0.281 e. The van der Waals surface area contributed by atoms with Crippen molar-refractivity contribution in [2.45, 2.75) is 6.92 Å². The van der Waals surface area contributed by atoms with E-state index in [4.69, 9.17) is 0 Å². The van der Waals surface area contributed by atoms with Gasteiger partial charge in [-0.1, -0.05) is 12.8 Å². The van der Waals surface area contributed by atoms with Crippen molar-refractivity contribution in [1.82, 2.24) is 8.96 Å². The van der Waals surface area contributed by atoms with E-state index in [0.717, 1.165) is 5.82 Å². The highest BCUT2D eigenvalue weighted by Crippen LogP contribution is 1.93. The number of hydrogen-bond acceptors (Lipinski definition) is 2. The molecule has 0 atom stereocenters. The Morgan fingerprint density at radius 3 is 2.71 bits per heavy atom. The molecule has 0 radical (unpaired) electrons. The Balaban J connectivity index is 3.12. The lowest BCUT2D eigenvalue weighted by Gasteiger charge is -1.85. The highest BCUT2D eigenvalue weighted by molar-refractivity contribution is 7.78. The van der Waals surface area contributed by atoms with Gasteiger partial charge >= 0.3 is 0 Å². The van der Waals surface area contributed by atoms with E-state index in [1.54, 1.807) is 16.4 Å². The van der Waals surface area contributed by atoms with Crippen LogP contribution in [0.3, 0.4) is 0 Å². The third kappa shape index (κ3) is 0.771. The fraction of sp³-hybridized carbons (Fsp3) is 0.250. The maximum Gasteiger partial charge on any atom is 0.115 e. The number of thiol groups is 1. The third-order valence-electron chi connectivity index (χ3n) is 0.801. The standard InChI is InChI=1S/C4H6N2S/c1-4-5-2-3-6(4)7/h2-3,7H,1H3. The van der Waals surface area contributed by atoms with E-state index < -0.39 is 0 Å². The summed E-state index contributed by atoms with van der Waals surface area (Å²) in [7, 11) is 0. The molecule has 0 spiro atoms. The number of imidazole rings is 1. The average molecular weight is 114 g/mol. The molecule has 1 aromatic rings. The van der Waals surface area contributed by atoms with Crippen molar-refractivity contribution in [2.24, 2.45) is 0 Å². The van der Waals surface area contributed by atoms with Crippen LogP contribution in [0.2, 0.25) is 0 Å². The van der Waals surface area contributed by atoms with Gasteiger partial charge in [-0.05, 0) is 6.92 Å². The molecule has 0 aromatic carbocycles. The smallest absolute Gasteiger partial charge is 0.115 e. The minimum atomic E-state index is 0.920. The average Bonchev–Trinajstić information content (AvgIpc) is 1.91. The van der Waals surface area contributed by atoms with Crippen molar-refractivity contribution >= 4 is 12.8 Å². The molecule has 0 aliphatic heterocycles. The van der Waals surface area contributed by atoms with E-state index in [9.17, 15) is 0 Å². The molecule has 1 heterocycles. The van der Waals surface area contributed by atoms with Crippen molar-refractivity contribution < 1.29 is 0 Å². The second kappa shape index (κ2) is 1.58. The first-order chi connectivity index (χ1) is 3.30. The van der Waals surface area contributed by atoms with Gasteiger partial charge < -0.3 is 0 Å². The predicted molar refractivity (Wildman–Crippen MR) is 31.3 cm³/mol. The van der Waals surface area contributed by atoms with Gasteiger partial charge in [0.05, 0.1) is 0 Å². The Hall–Kier alpha value is -0.440. The van der Waals surface area contributed by atoms with Crippen LogP contribution in [0.4, 0.5) is 0 Å². The van der Waals surface area contributed by atoms with Crippen LogP contribution in [0.5, 0.6) is 0 Å². The normalized spacial score (nSPS) is 9.43. The first-order valence-corrected chi connectivity index (χ1v) is 2.40. The number of rotatable bonds is 0. The molecule has 0 saturated heterocycles. The molecular weight excluding hydrogens is 108 g/mol. The fourth-order valence-corrected chi connectivity index (χ4v) is 0.483. The molecule has 0 unspecified atom stereocenters. The van der Waals surface area contributed by atoms with Crippen LogP contribution in [0, 0.1) is 6.92 Å². The third-order valence-corrected chi connectivity index (χ3v) is 1.22. The SMILES string of the molecule is Cc1nccn1S. The van der Waals surface area contributed by atoms with Crippen LogP contribution in [-0.2, 0) is 0 Å². The summed E-state index contributed by atoms with van der Waals surface area (Å²) in [6.07, 6.45) is 3.50. The predicted octanol–water partition coefficient (Wildman–Crippen LogP) is 0.884. The summed E-state index contributed by atoms with van der Waals surface area (Å²) in [4.78, 5) is 3.90. The maximum atomic E-state index is 4.00. The van der Waals surface area contributed by atoms with Gasteiger partial charge in [0.1, 0.15) is 5.82 Å². The number of hydrogen-bond donors (Lipinski definition) is 1. The molecule has 2 nitrogen and oxygen atoms in total. The Morgan fingerprint density at radius 1 is 1.86 bits per heavy atom. The molecule has 1 rings (SSSR count). The Bertz CT molecular complexity index is 142. The summed E-state index contributed by atoms with van der Waals surface area (Å²) in [6.45, 7) is 1.90. The van der Waals surface area contributed by atoms with Gasteiger partial charge in [-0.2, -0.15) is 0 Å². The first kappa shape index (κ1) is 4.71. The van der Waals surface area contributed by atoms with Crippen molar-refractivity contribution in [1.29, 1.82) is 0 Å². The van der Waals surface area contributed by atoms with Crippen LogP contribution >= 0.6 is 12.8 Å². The summed E-state index contributed by atoms with van der Waals surface area (Å²) < 4.78 is 1.67. The van der Waals surface area contributed by atoms with E-state index in [0.29, 0.717) is 0 Å². The molecule has 0 amide bonds. The topological polar surface area (TPSA) is 17.8 Å². The zero-order valence-electron chi connectivity index (χ0n) is 4.00. The second-order valence-electron chi connectivity index (χ2n) is 1.32. The summed E-state index contributed by atoms with van der Waals surface area (Å²) in [6, 6.07) is 0. The van der Waals surface area contributed by atoms with E-state index in [2.05, 4.69) is 17.8 Å². The van der Waals surface area contributed by atoms with E-state index in [1.165, 1.54) is 0 Å². The van der Waals surface area contributed by atoms with Crippen molar-refractivity contribution in [3.05, 3.63) is 18.2 Å². The Morgan fingerprint density at radius 2 is 2.57 bits per heavy atom. The lowest BCUT2D eigenvalue weighted by atomic mass is 10.8. The Labute approximate surface area is 47.7 Å². The zero-order chi connectivity index (χ0) is 5.28. The quantitative estimate of drug-likeness (QED) is 0.496. The largest absolute Gasteiger partial charge is 0.281 e. The lowest BCUT2D eigenvalue weighted by molar-refractivity contribution is 1.10. The molecular formula is C4H6N2S. The zero-order valence-corrected chi connectivity index (χ0v) is 4.89. The highest BCUT2D eigenvalue weighted by Gasteiger charge is 1.84. The minimum absolute atomic E-state index is 0.920. The number of aromatic nitrogens is 2. The molecule has 0 bridgehead atoms.